The Morgan fingerprint density at radius 2 is 2.28 bits per heavy atom. The number of ether oxygens (including phenoxy) is 1. The molecule has 2 atom stereocenters. The second kappa shape index (κ2) is 6.70. The van der Waals surface area contributed by atoms with Gasteiger partial charge in [-0.05, 0) is 19.1 Å². The van der Waals surface area contributed by atoms with Gasteiger partial charge in [0.1, 0.15) is 10.7 Å². The highest BCUT2D eigenvalue weighted by molar-refractivity contribution is 7.84. The first-order valence-corrected chi connectivity index (χ1v) is 7.62. The van der Waals surface area contributed by atoms with Gasteiger partial charge in [0.15, 0.2) is 0 Å². The van der Waals surface area contributed by atoms with E-state index in [1.54, 1.807) is 13.4 Å². The Hall–Kier alpha value is -1.14. The van der Waals surface area contributed by atoms with Crippen molar-refractivity contribution in [2.24, 2.45) is 5.73 Å². The van der Waals surface area contributed by atoms with E-state index < -0.39 is 10.8 Å². The topological polar surface area (TPSA) is 64.3 Å². The average molecular weight is 286 g/mol. The quantitative estimate of drug-likeness (QED) is 0.776. The standard InChI is InChI=1S/C12H18N2O2S2/c1-8(7-18(3)15)14-11-6-9(16-2)4-5-10(11)12(13)17/h4-6,8,14H,7H2,1-3H3,(H2,13,17). The van der Waals surface area contributed by atoms with Crippen molar-refractivity contribution in [1.29, 1.82) is 0 Å². The van der Waals surface area contributed by atoms with E-state index >= 15 is 0 Å². The number of nitrogens with two attached hydrogens (primary N) is 1. The molecule has 0 aliphatic heterocycles. The summed E-state index contributed by atoms with van der Waals surface area (Å²) in [6.07, 6.45) is 1.68. The molecule has 2 unspecified atom stereocenters. The van der Waals surface area contributed by atoms with Gasteiger partial charge in [0.25, 0.3) is 0 Å². The Kier molecular flexibility index (Phi) is 5.55. The fourth-order valence-electron chi connectivity index (χ4n) is 1.64. The van der Waals surface area contributed by atoms with Crippen LogP contribution in [-0.4, -0.2) is 34.4 Å². The van der Waals surface area contributed by atoms with Crippen LogP contribution in [0.5, 0.6) is 5.75 Å². The molecule has 1 rings (SSSR count). The fraction of sp³-hybridized carbons (Fsp3) is 0.417. The van der Waals surface area contributed by atoms with Gasteiger partial charge in [0.05, 0.1) is 7.11 Å². The molecular formula is C12H18N2O2S2. The van der Waals surface area contributed by atoms with E-state index in [1.165, 1.54) is 0 Å². The molecular weight excluding hydrogens is 268 g/mol. The van der Waals surface area contributed by atoms with Crippen LogP contribution in [0.3, 0.4) is 0 Å². The maximum atomic E-state index is 11.2. The first-order chi connectivity index (χ1) is 8.43. The van der Waals surface area contributed by atoms with Gasteiger partial charge >= 0.3 is 0 Å². The summed E-state index contributed by atoms with van der Waals surface area (Å²) >= 11 is 5.01. The third-order valence-corrected chi connectivity index (χ3v) is 3.57. The van der Waals surface area contributed by atoms with Gasteiger partial charge in [0.2, 0.25) is 0 Å². The number of anilines is 1. The van der Waals surface area contributed by atoms with Crippen LogP contribution in [0.2, 0.25) is 0 Å². The van der Waals surface area contributed by atoms with Crippen molar-refractivity contribution in [2.75, 3.05) is 24.4 Å². The van der Waals surface area contributed by atoms with E-state index in [0.29, 0.717) is 10.7 Å². The number of hydrogen-bond donors (Lipinski definition) is 2. The summed E-state index contributed by atoms with van der Waals surface area (Å²) in [6.45, 7) is 1.96. The monoisotopic (exact) mass is 286 g/mol. The second-order valence-corrected chi connectivity index (χ2v) is 5.98. The fourth-order valence-corrected chi connectivity index (χ4v) is 2.61. The summed E-state index contributed by atoms with van der Waals surface area (Å²) < 4.78 is 16.4. The Bertz CT molecular complexity index is 463. The molecule has 0 fully saturated rings. The molecule has 4 nitrogen and oxygen atoms in total. The van der Waals surface area contributed by atoms with Crippen LogP contribution in [0.25, 0.3) is 0 Å². The lowest BCUT2D eigenvalue weighted by molar-refractivity contribution is 0.415. The minimum absolute atomic E-state index is 0.0658. The molecule has 0 spiro atoms. The third-order valence-electron chi connectivity index (χ3n) is 2.38. The van der Waals surface area contributed by atoms with E-state index in [-0.39, 0.29) is 6.04 Å². The molecule has 0 bridgehead atoms. The predicted octanol–water partition coefficient (Wildman–Crippen LogP) is 1.51. The normalized spacial score (nSPS) is 13.7. The van der Waals surface area contributed by atoms with Crippen molar-refractivity contribution in [1.82, 2.24) is 0 Å². The lowest BCUT2D eigenvalue weighted by Gasteiger charge is -2.17. The molecule has 0 saturated carbocycles. The summed E-state index contributed by atoms with van der Waals surface area (Å²) in [7, 11) is 0.750. The molecule has 0 saturated heterocycles. The molecule has 0 aliphatic carbocycles. The SMILES string of the molecule is COc1ccc(C(N)=S)c(NC(C)CS(C)=O)c1. The number of thiocarbonyl (C=S) groups is 1. The zero-order valence-corrected chi connectivity index (χ0v) is 12.4. The molecule has 0 radical (unpaired) electrons. The minimum Gasteiger partial charge on any atom is -0.497 e. The maximum absolute atomic E-state index is 11.2. The van der Waals surface area contributed by atoms with Gasteiger partial charge in [-0.1, -0.05) is 12.2 Å². The lowest BCUT2D eigenvalue weighted by Crippen LogP contribution is -2.24. The molecule has 3 N–H and O–H groups in total. The van der Waals surface area contributed by atoms with E-state index in [4.69, 9.17) is 22.7 Å². The van der Waals surface area contributed by atoms with E-state index in [2.05, 4.69) is 5.32 Å². The molecule has 1 aromatic carbocycles. The second-order valence-electron chi connectivity index (χ2n) is 4.06. The van der Waals surface area contributed by atoms with Gasteiger partial charge in [-0.15, -0.1) is 0 Å². The first kappa shape index (κ1) is 14.9. The molecule has 6 heteroatoms. The zero-order chi connectivity index (χ0) is 13.7. The summed E-state index contributed by atoms with van der Waals surface area (Å²) in [6, 6.07) is 5.53. The third kappa shape index (κ3) is 4.27. The van der Waals surface area contributed by atoms with Crippen LogP contribution >= 0.6 is 12.2 Å². The van der Waals surface area contributed by atoms with Crippen molar-refractivity contribution >= 4 is 33.7 Å². The summed E-state index contributed by atoms with van der Waals surface area (Å²) in [5, 5.41) is 3.26. The van der Waals surface area contributed by atoms with Crippen molar-refractivity contribution < 1.29 is 8.95 Å². The largest absolute Gasteiger partial charge is 0.497 e. The maximum Gasteiger partial charge on any atom is 0.120 e. The van der Waals surface area contributed by atoms with Gasteiger partial charge in [-0.25, -0.2) is 0 Å². The van der Waals surface area contributed by atoms with Gasteiger partial charge in [-0.2, -0.15) is 0 Å². The average Bonchev–Trinajstić information content (AvgIpc) is 2.27. The number of nitrogens with one attached hydrogen (secondary N) is 1. The van der Waals surface area contributed by atoms with Crippen LogP contribution in [-0.2, 0) is 10.8 Å². The number of hydrogen-bond acceptors (Lipinski definition) is 4. The van der Waals surface area contributed by atoms with Gasteiger partial charge < -0.3 is 15.8 Å². The van der Waals surface area contributed by atoms with Crippen LogP contribution in [0.15, 0.2) is 18.2 Å². The first-order valence-electron chi connectivity index (χ1n) is 5.48. The number of benzene rings is 1. The zero-order valence-electron chi connectivity index (χ0n) is 10.7. The number of rotatable bonds is 6. The lowest BCUT2D eigenvalue weighted by atomic mass is 10.1. The van der Waals surface area contributed by atoms with E-state index in [0.717, 1.165) is 17.0 Å². The Balaban J connectivity index is 2.96. The van der Waals surface area contributed by atoms with Crippen LogP contribution in [0.1, 0.15) is 12.5 Å². The molecule has 1 aromatic rings. The smallest absolute Gasteiger partial charge is 0.120 e. The van der Waals surface area contributed by atoms with E-state index in [9.17, 15) is 4.21 Å². The van der Waals surface area contributed by atoms with Crippen molar-refractivity contribution in [3.05, 3.63) is 23.8 Å². The highest BCUT2D eigenvalue weighted by Crippen LogP contribution is 2.23. The Morgan fingerprint density at radius 3 is 2.78 bits per heavy atom. The van der Waals surface area contributed by atoms with Gasteiger partial charge in [0, 0.05) is 46.2 Å². The van der Waals surface area contributed by atoms with E-state index in [1.807, 2.05) is 25.1 Å². The predicted molar refractivity (Wildman–Crippen MR) is 80.9 cm³/mol. The molecule has 0 amide bonds. The van der Waals surface area contributed by atoms with Gasteiger partial charge in [-0.3, -0.25) is 4.21 Å². The van der Waals surface area contributed by atoms with Crippen LogP contribution in [0.4, 0.5) is 5.69 Å². The van der Waals surface area contributed by atoms with Crippen LogP contribution < -0.4 is 15.8 Å². The number of methoxy groups -OCH3 is 1. The summed E-state index contributed by atoms with van der Waals surface area (Å²) in [5.41, 5.74) is 7.24. The van der Waals surface area contributed by atoms with Crippen molar-refractivity contribution in [2.45, 2.75) is 13.0 Å². The molecule has 18 heavy (non-hydrogen) atoms. The molecule has 0 aromatic heterocycles. The van der Waals surface area contributed by atoms with Crippen LogP contribution in [0, 0.1) is 0 Å². The summed E-state index contributed by atoms with van der Waals surface area (Å²) in [5.74, 6) is 1.29. The van der Waals surface area contributed by atoms with Crippen molar-refractivity contribution in [3.63, 3.8) is 0 Å². The minimum atomic E-state index is -0.852. The highest BCUT2D eigenvalue weighted by atomic mass is 32.2. The molecule has 100 valence electrons. The Morgan fingerprint density at radius 1 is 1.61 bits per heavy atom. The highest BCUT2D eigenvalue weighted by Gasteiger charge is 2.10. The summed E-state index contributed by atoms with van der Waals surface area (Å²) in [4.78, 5) is 0.324. The molecule has 0 aliphatic rings. The van der Waals surface area contributed by atoms with Crippen molar-refractivity contribution in [3.8, 4) is 5.75 Å². The Labute approximate surface area is 115 Å². The molecule has 0 heterocycles.